The van der Waals surface area contributed by atoms with Gasteiger partial charge < -0.3 is 56.0 Å². The van der Waals surface area contributed by atoms with Gasteiger partial charge in [-0.2, -0.15) is 0 Å². The molecule has 8 rings (SSSR count). The Balaban J connectivity index is 0.00000167. The maximum atomic E-state index is 12.1. The van der Waals surface area contributed by atoms with Gasteiger partial charge in [-0.25, -0.2) is 0 Å². The number of hydrogen-bond acceptors (Lipinski definition) is 15. The van der Waals surface area contributed by atoms with Gasteiger partial charge in [0.1, 0.15) is 23.1 Å². The minimum atomic E-state index is -0.368. The highest BCUT2D eigenvalue weighted by Crippen LogP contribution is 2.38. The van der Waals surface area contributed by atoms with E-state index in [1.54, 1.807) is 0 Å². The van der Waals surface area contributed by atoms with E-state index in [0.29, 0.717) is 88.2 Å². The third-order valence-corrected chi connectivity index (χ3v) is 32.0. The summed E-state index contributed by atoms with van der Waals surface area (Å²) in [5, 5.41) is 14.8. The van der Waals surface area contributed by atoms with Crippen molar-refractivity contribution in [3.63, 3.8) is 0 Å². The van der Waals surface area contributed by atoms with Gasteiger partial charge in [-0.1, -0.05) is 353 Å². The van der Waals surface area contributed by atoms with Crippen LogP contribution in [0.4, 0.5) is 0 Å². The van der Waals surface area contributed by atoms with E-state index in [9.17, 15) is 43.2 Å². The van der Waals surface area contributed by atoms with Gasteiger partial charge in [0.2, 0.25) is 29.5 Å². The molecule has 20 nitrogen and oxygen atoms in total. The number of nitrogens with zero attached hydrogens (tertiary/aromatic N) is 6. The van der Waals surface area contributed by atoms with E-state index in [1.807, 2.05) is 194 Å². The van der Waals surface area contributed by atoms with Gasteiger partial charge in [0, 0.05) is 196 Å². The van der Waals surface area contributed by atoms with Crippen LogP contribution in [-0.2, 0) is 43.2 Å². The molecule has 6 heterocycles. The molecule has 0 aromatic heterocycles. The SMILES string of the molecule is C=C(C(CC)CC)N1CCC(CC(=O)C(C)(C)C)CC1.C=C(C)N1CCC(CC(=O)C(C)(C)C)CC1.C=C(NC(=O)C(C)(C)C)C(CC)CC.C=C(NC(=O)C(C)(C)C)C1CCCCC1.C=C(NC(=O)C(C)(C)C)C1CCN(C(=C)C(CC)CC)CC1.C=C(NC(=O)C(C)(C)C)C1CCN(C(=C)C)CC1.C=C(NC(=O)C(C)(C)C)C1CCN(CC)CC1.CC(C)(C)C(=O)CC1CCCCC1.CCN1CCC(CC(=O)C(C)(C)C)CC1. The van der Waals surface area contributed by atoms with Crippen LogP contribution in [0.2, 0.25) is 0 Å². The quantitative estimate of drug-likeness (QED) is 0.0421. The molecule has 0 radical (unpaired) electrons. The smallest absolute Gasteiger partial charge is 0.229 e. The molecular formula is C130H237N11O9. The largest absolute Gasteiger partial charge is 0.376 e. The van der Waals surface area contributed by atoms with Crippen molar-refractivity contribution in [2.45, 2.75) is 462 Å². The number of allylic oxidation sites excluding steroid dienone is 9. The van der Waals surface area contributed by atoms with Crippen molar-refractivity contribution < 1.29 is 43.2 Å². The first kappa shape index (κ1) is 143. The predicted molar refractivity (Wildman–Crippen MR) is 640 cm³/mol. The summed E-state index contributed by atoms with van der Waals surface area (Å²) in [5.41, 5.74) is 6.95. The first-order chi connectivity index (χ1) is 69.0. The van der Waals surface area contributed by atoms with Crippen LogP contribution in [0.5, 0.6) is 0 Å². The molecule has 5 amide bonds. The average Bonchev–Trinajstić information content (AvgIpc) is 0.843. The summed E-state index contributed by atoms with van der Waals surface area (Å²) in [4.78, 5) is 121. The number of Topliss-reactive ketones (excluding diaryl/α,β-unsaturated/α-hetero) is 4. The van der Waals surface area contributed by atoms with E-state index < -0.39 is 0 Å². The summed E-state index contributed by atoms with van der Waals surface area (Å²) >= 11 is 0. The van der Waals surface area contributed by atoms with Crippen LogP contribution < -0.4 is 26.6 Å². The molecule has 6 aliphatic heterocycles. The van der Waals surface area contributed by atoms with Crippen LogP contribution in [0.15, 0.2) is 110 Å². The number of likely N-dealkylation sites (tertiary alicyclic amines) is 6. The summed E-state index contributed by atoms with van der Waals surface area (Å²) < 4.78 is 0. The average molecular weight is 2100 g/mol. The third-order valence-electron chi connectivity index (χ3n) is 32.0. The Labute approximate surface area is 923 Å². The van der Waals surface area contributed by atoms with E-state index in [0.717, 1.165) is 234 Å². The minimum absolute atomic E-state index is 0.0504. The van der Waals surface area contributed by atoms with Crippen molar-refractivity contribution in [2.24, 2.45) is 114 Å². The third kappa shape index (κ3) is 57.5. The second-order valence-electron chi connectivity index (χ2n) is 54.5. The predicted octanol–water partition coefficient (Wildman–Crippen LogP) is 30.2. The molecule has 0 aromatic rings. The van der Waals surface area contributed by atoms with Crippen molar-refractivity contribution in [3.8, 4) is 0 Å². The molecular weight excluding hydrogens is 1860 g/mol. The Morgan fingerprint density at radius 1 is 0.233 bits per heavy atom. The number of carbonyl (C=O) groups excluding carboxylic acids is 9. The fraction of sp³-hybridized carbons (Fsp3) is 0.792. The molecule has 866 valence electrons. The standard InChI is InChI=1S/C19H34N2O.C18H33NO.C15H26N2O.C14H26N2O.C14H25NO.C13H23NO.C13H25NO.C12H23NO.C12H22O/c1-8-16(9-2)15(4)21-12-10-17(11-13-21)14(3)20-18(22)19(5,6)7;1-7-16(8-2)14(3)19-11-9-15(10-12-19)13-17(20)18(4,5)6;1-11(2)17-9-7-13(8-10-17)12(3)16-14(18)15(4,5)6;1-6-16-9-7-12(8-10-16)11(2)15-13(17)14(3,4)5;1-11(2)15-8-6-12(7-9-15)10-13(16)14(3,4)5;1-10(11-8-6-5-7-9-11)14-12(15)13(2,3)4;1-5-14-8-6-11(7-9-14)10-12(15)13(2,3)4;1-7-10(8-2)9(3)13-11(14)12(4,5)6;1-12(2,3)11(13)9-10-7-5-4-6-8-10/h16-17H,3-4,8-13H2,1-2,5-7H3,(H,20,22);15-16H,3,7-13H2,1-2,4-6H3;13H,1,3,7-10H2,2,4-6H3,(H,16,18);12H,2,6-10H2,1,3-5H3,(H,15,17);12H,1,6-10H2,2-5H3;11H,1,5-9H2,2-4H3,(H,14,15);11H,5-10H2,1-4H3;10H,3,7-8H2,1-2,4-6H3,(H,13,14);10H,4-9H2,1-3H3. The molecule has 8 fully saturated rings. The van der Waals surface area contributed by atoms with Crippen LogP contribution in [0.3, 0.4) is 0 Å². The Morgan fingerprint density at radius 3 is 0.640 bits per heavy atom. The molecule has 20 heteroatoms. The molecule has 0 bridgehead atoms. The molecule has 2 saturated carbocycles. The molecule has 2 aliphatic carbocycles. The van der Waals surface area contributed by atoms with Crippen molar-refractivity contribution >= 4 is 52.7 Å². The topological polar surface area (TPSA) is 233 Å². The lowest BCUT2D eigenvalue weighted by molar-refractivity contribution is -0.128. The maximum absolute atomic E-state index is 12.1. The summed E-state index contributed by atoms with van der Waals surface area (Å²) in [7, 11) is 0. The zero-order valence-corrected chi connectivity index (χ0v) is 105. The number of carbonyl (C=O) groups is 9. The second-order valence-corrected chi connectivity index (χ2v) is 54.5. The van der Waals surface area contributed by atoms with Gasteiger partial charge in [0.05, 0.1) is 0 Å². The first-order valence-electron chi connectivity index (χ1n) is 59.3. The zero-order chi connectivity index (χ0) is 116. The number of piperidine rings is 6. The van der Waals surface area contributed by atoms with Gasteiger partial charge in [0.25, 0.3) is 0 Å². The molecule has 0 atom stereocenters. The molecule has 5 N–H and O–H groups in total. The van der Waals surface area contributed by atoms with E-state index >= 15 is 0 Å². The van der Waals surface area contributed by atoms with E-state index in [2.05, 4.69) is 178 Å². The van der Waals surface area contributed by atoms with E-state index in [4.69, 9.17) is 0 Å². The van der Waals surface area contributed by atoms with Crippen LogP contribution in [0, 0.1) is 114 Å². The summed E-state index contributed by atoms with van der Waals surface area (Å²) in [6.45, 7) is 127. The number of nitrogens with one attached hydrogen (secondary N) is 5. The van der Waals surface area contributed by atoms with Crippen LogP contribution in [-0.4, -0.2) is 174 Å². The van der Waals surface area contributed by atoms with Crippen LogP contribution >= 0.6 is 0 Å². The van der Waals surface area contributed by atoms with Crippen molar-refractivity contribution in [2.75, 3.05) is 91.6 Å². The monoisotopic (exact) mass is 2100 g/mol. The van der Waals surface area contributed by atoms with Gasteiger partial charge in [-0.05, 0) is 229 Å². The lowest BCUT2D eigenvalue weighted by Gasteiger charge is -2.38. The highest BCUT2D eigenvalue weighted by molar-refractivity contribution is 5.87. The number of ketones is 4. The summed E-state index contributed by atoms with van der Waals surface area (Å²) in [6, 6.07) is 0. The van der Waals surface area contributed by atoms with Crippen LogP contribution in [0.1, 0.15) is 462 Å². The number of hydrogen-bond donors (Lipinski definition) is 5. The Kier molecular flexibility index (Phi) is 65.1. The molecule has 0 aromatic carbocycles. The molecule has 8 aliphatic rings. The zero-order valence-electron chi connectivity index (χ0n) is 105. The number of rotatable bonds is 32. The lowest BCUT2D eigenvalue weighted by Crippen LogP contribution is -2.40. The minimum Gasteiger partial charge on any atom is -0.376 e. The second kappa shape index (κ2) is 68.4. The van der Waals surface area contributed by atoms with Crippen LogP contribution in [0.25, 0.3) is 0 Å². The van der Waals surface area contributed by atoms with Crippen molar-refractivity contribution in [1.29, 1.82) is 0 Å². The van der Waals surface area contributed by atoms with E-state index in [-0.39, 0.29) is 78.3 Å². The summed E-state index contributed by atoms with van der Waals surface area (Å²) in [6.07, 6.45) is 36.0. The highest BCUT2D eigenvalue weighted by Gasteiger charge is 2.37. The number of amides is 5. The highest BCUT2D eigenvalue weighted by atomic mass is 16.2. The molecule has 150 heavy (non-hydrogen) atoms. The summed E-state index contributed by atoms with van der Waals surface area (Å²) in [5.74, 6) is 7.86. The lowest BCUT2D eigenvalue weighted by atomic mass is 9.80. The fourth-order valence-electron chi connectivity index (χ4n) is 19.3. The van der Waals surface area contributed by atoms with E-state index in [1.165, 1.54) is 114 Å². The van der Waals surface area contributed by atoms with Gasteiger partial charge >= 0.3 is 0 Å². The normalized spacial score (nSPS) is 17.8. The molecule has 0 unspecified atom stereocenters. The Hall–Kier alpha value is -7.19. The molecule has 0 spiro atoms. The van der Waals surface area contributed by atoms with Crippen molar-refractivity contribution in [1.82, 2.24) is 56.0 Å². The Morgan fingerprint density at radius 2 is 0.420 bits per heavy atom. The fourth-order valence-corrected chi connectivity index (χ4v) is 19.3. The molecule has 6 saturated heterocycles. The van der Waals surface area contributed by atoms with Gasteiger partial charge in [-0.3, -0.25) is 43.2 Å². The Bertz CT molecular complexity index is 4120. The first-order valence-corrected chi connectivity index (χ1v) is 59.3. The van der Waals surface area contributed by atoms with Gasteiger partial charge in [-0.15, -0.1) is 0 Å². The van der Waals surface area contributed by atoms with Crippen molar-refractivity contribution in [3.05, 3.63) is 110 Å². The maximum Gasteiger partial charge on any atom is 0.229 e. The van der Waals surface area contributed by atoms with Gasteiger partial charge in [0.15, 0.2) is 0 Å².